The molecule has 0 aromatic heterocycles. The van der Waals surface area contributed by atoms with Crippen LogP contribution in [-0.2, 0) is 0 Å². The Morgan fingerprint density at radius 1 is 0.688 bits per heavy atom. The zero-order valence-electron chi connectivity index (χ0n) is 8.95. The molecule has 3 heteroatoms. The summed E-state index contributed by atoms with van der Waals surface area (Å²) in [5.74, 6) is 0. The van der Waals surface area contributed by atoms with Gasteiger partial charge in [-0.2, -0.15) is 0 Å². The molecule has 0 radical (unpaired) electrons. The molecular formula is C13H12Cl2Si. The first-order valence-corrected chi connectivity index (χ1v) is 8.24. The van der Waals surface area contributed by atoms with Crippen molar-refractivity contribution in [3.63, 3.8) is 0 Å². The van der Waals surface area contributed by atoms with Crippen molar-refractivity contribution in [2.24, 2.45) is 0 Å². The van der Waals surface area contributed by atoms with E-state index in [0.717, 1.165) is 10.0 Å². The van der Waals surface area contributed by atoms with Gasteiger partial charge in [0.15, 0.2) is 0 Å². The van der Waals surface area contributed by atoms with Gasteiger partial charge in [0.25, 0.3) is 0 Å². The van der Waals surface area contributed by atoms with Crippen molar-refractivity contribution in [2.75, 3.05) is 0 Å². The van der Waals surface area contributed by atoms with E-state index in [4.69, 9.17) is 23.2 Å². The standard InChI is InChI=1S/C13H12Cl2Si/c1-16(12-6-2-10(14)3-7-12)13-8-4-11(15)5-9-13/h2-9,16H,1H3. The fourth-order valence-electron chi connectivity index (χ4n) is 1.70. The number of hydrogen-bond donors (Lipinski definition) is 0. The molecule has 0 bridgehead atoms. The van der Waals surface area contributed by atoms with Crippen LogP contribution in [0.25, 0.3) is 0 Å². The van der Waals surface area contributed by atoms with Crippen LogP contribution in [0, 0.1) is 0 Å². The normalized spacial score (nSPS) is 10.8. The zero-order chi connectivity index (χ0) is 11.5. The highest BCUT2D eigenvalue weighted by Gasteiger charge is 2.09. The van der Waals surface area contributed by atoms with E-state index >= 15 is 0 Å². The summed E-state index contributed by atoms with van der Waals surface area (Å²) < 4.78 is 0. The van der Waals surface area contributed by atoms with Crippen LogP contribution in [0.4, 0.5) is 0 Å². The zero-order valence-corrected chi connectivity index (χ0v) is 11.6. The minimum absolute atomic E-state index is 0.793. The maximum absolute atomic E-state index is 5.88. The highest BCUT2D eigenvalue weighted by atomic mass is 35.5. The Labute approximate surface area is 107 Å². The van der Waals surface area contributed by atoms with Crippen molar-refractivity contribution in [1.29, 1.82) is 0 Å². The number of hydrogen-bond acceptors (Lipinski definition) is 0. The van der Waals surface area contributed by atoms with Crippen molar-refractivity contribution in [3.8, 4) is 0 Å². The van der Waals surface area contributed by atoms with Crippen LogP contribution in [0.1, 0.15) is 0 Å². The maximum atomic E-state index is 5.88. The molecule has 0 amide bonds. The minimum Gasteiger partial charge on any atom is -0.0843 e. The van der Waals surface area contributed by atoms with Crippen molar-refractivity contribution < 1.29 is 0 Å². The third kappa shape index (κ3) is 2.67. The summed E-state index contributed by atoms with van der Waals surface area (Å²) in [5, 5.41) is 4.38. The van der Waals surface area contributed by atoms with E-state index in [-0.39, 0.29) is 0 Å². The minimum atomic E-state index is -1.08. The van der Waals surface area contributed by atoms with Gasteiger partial charge in [0.1, 0.15) is 0 Å². The molecule has 82 valence electrons. The van der Waals surface area contributed by atoms with Gasteiger partial charge in [-0.25, -0.2) is 0 Å². The number of rotatable bonds is 2. The van der Waals surface area contributed by atoms with Crippen LogP contribution in [0.2, 0.25) is 16.6 Å². The highest BCUT2D eigenvalue weighted by Crippen LogP contribution is 2.06. The van der Waals surface area contributed by atoms with Crippen LogP contribution in [0.3, 0.4) is 0 Å². The van der Waals surface area contributed by atoms with E-state index in [2.05, 4.69) is 30.8 Å². The first-order valence-electron chi connectivity index (χ1n) is 5.18. The molecule has 2 rings (SSSR count). The molecule has 0 aliphatic rings. The van der Waals surface area contributed by atoms with Gasteiger partial charge in [-0.15, -0.1) is 0 Å². The van der Waals surface area contributed by atoms with Crippen molar-refractivity contribution in [3.05, 3.63) is 58.6 Å². The Balaban J connectivity index is 2.28. The quantitative estimate of drug-likeness (QED) is 0.734. The topological polar surface area (TPSA) is 0 Å². The largest absolute Gasteiger partial charge is 0.0997 e. The van der Waals surface area contributed by atoms with Gasteiger partial charge in [0.05, 0.1) is 8.80 Å². The Morgan fingerprint density at radius 3 is 1.31 bits per heavy atom. The van der Waals surface area contributed by atoms with E-state index in [1.165, 1.54) is 10.4 Å². The summed E-state index contributed by atoms with van der Waals surface area (Å²) in [7, 11) is -1.08. The van der Waals surface area contributed by atoms with Gasteiger partial charge in [0, 0.05) is 10.0 Å². The third-order valence-electron chi connectivity index (χ3n) is 2.74. The number of benzene rings is 2. The van der Waals surface area contributed by atoms with Crippen LogP contribution in [0.5, 0.6) is 0 Å². The summed E-state index contributed by atoms with van der Waals surface area (Å²) in [6.45, 7) is 2.31. The molecule has 0 fully saturated rings. The molecule has 0 spiro atoms. The van der Waals surface area contributed by atoms with Crippen LogP contribution in [0.15, 0.2) is 48.5 Å². The molecule has 0 heterocycles. The lowest BCUT2D eigenvalue weighted by atomic mass is 10.4. The van der Waals surface area contributed by atoms with Gasteiger partial charge in [-0.3, -0.25) is 0 Å². The predicted molar refractivity (Wildman–Crippen MR) is 75.2 cm³/mol. The smallest absolute Gasteiger partial charge is 0.0843 e. The second-order valence-electron chi connectivity index (χ2n) is 3.82. The van der Waals surface area contributed by atoms with E-state index in [0.29, 0.717) is 0 Å². The van der Waals surface area contributed by atoms with Crippen molar-refractivity contribution in [2.45, 2.75) is 6.55 Å². The predicted octanol–water partition coefficient (Wildman–Crippen LogP) is 2.96. The molecule has 0 aliphatic carbocycles. The summed E-state index contributed by atoms with van der Waals surface area (Å²) in [6.07, 6.45) is 0. The van der Waals surface area contributed by atoms with Crippen molar-refractivity contribution >= 4 is 42.4 Å². The SMILES string of the molecule is C[SiH](c1ccc(Cl)cc1)c1ccc(Cl)cc1. The summed E-state index contributed by atoms with van der Waals surface area (Å²) in [4.78, 5) is 0. The molecule has 16 heavy (non-hydrogen) atoms. The summed E-state index contributed by atoms with van der Waals surface area (Å²) in [5.41, 5.74) is 0. The molecule has 0 N–H and O–H groups in total. The highest BCUT2D eigenvalue weighted by molar-refractivity contribution is 6.84. The Morgan fingerprint density at radius 2 is 1.00 bits per heavy atom. The molecular weight excluding hydrogens is 255 g/mol. The molecule has 0 atom stereocenters. The van der Waals surface area contributed by atoms with Gasteiger partial charge < -0.3 is 0 Å². The lowest BCUT2D eigenvalue weighted by molar-refractivity contribution is 1.72. The average molecular weight is 267 g/mol. The third-order valence-corrected chi connectivity index (χ3v) is 6.01. The Hall–Kier alpha value is -0.763. The second kappa shape index (κ2) is 5.04. The molecule has 0 nitrogen and oxygen atoms in total. The molecule has 0 unspecified atom stereocenters. The van der Waals surface area contributed by atoms with Crippen molar-refractivity contribution in [1.82, 2.24) is 0 Å². The van der Waals surface area contributed by atoms with Crippen LogP contribution in [-0.4, -0.2) is 8.80 Å². The lowest BCUT2D eigenvalue weighted by Gasteiger charge is -2.10. The molecule has 0 saturated heterocycles. The molecule has 2 aromatic rings. The number of halogens is 2. The maximum Gasteiger partial charge on any atom is 0.0997 e. The summed E-state index contributed by atoms with van der Waals surface area (Å²) >= 11 is 11.8. The Bertz CT molecular complexity index is 417. The van der Waals surface area contributed by atoms with Crippen LogP contribution >= 0.6 is 23.2 Å². The van der Waals surface area contributed by atoms with Crippen LogP contribution < -0.4 is 10.4 Å². The first kappa shape index (κ1) is 11.7. The van der Waals surface area contributed by atoms with E-state index in [1.54, 1.807) is 0 Å². The Kier molecular flexibility index (Phi) is 3.69. The van der Waals surface area contributed by atoms with E-state index in [1.807, 2.05) is 24.3 Å². The molecule has 2 aromatic carbocycles. The van der Waals surface area contributed by atoms with Gasteiger partial charge in [-0.1, -0.05) is 64.4 Å². The van der Waals surface area contributed by atoms with Gasteiger partial charge in [-0.05, 0) is 24.3 Å². The van der Waals surface area contributed by atoms with E-state index in [9.17, 15) is 0 Å². The summed E-state index contributed by atoms with van der Waals surface area (Å²) in [6, 6.07) is 16.3. The second-order valence-corrected chi connectivity index (χ2v) is 7.47. The fraction of sp³-hybridized carbons (Fsp3) is 0.0769. The lowest BCUT2D eigenvalue weighted by Crippen LogP contribution is -2.38. The first-order chi connectivity index (χ1) is 7.66. The van der Waals surface area contributed by atoms with E-state index < -0.39 is 8.80 Å². The molecule has 0 aliphatic heterocycles. The fourth-order valence-corrected chi connectivity index (χ4v) is 3.87. The molecule has 0 saturated carbocycles. The average Bonchev–Trinajstić information content (AvgIpc) is 2.30. The monoisotopic (exact) mass is 266 g/mol. The van der Waals surface area contributed by atoms with Gasteiger partial charge >= 0.3 is 0 Å². The van der Waals surface area contributed by atoms with Gasteiger partial charge in [0.2, 0.25) is 0 Å².